The normalized spacial score (nSPS) is 10.5. The zero-order chi connectivity index (χ0) is 19.2. The molecule has 0 spiro atoms. The number of rotatable bonds is 6. The van der Waals surface area contributed by atoms with Crippen molar-refractivity contribution in [3.8, 4) is 0 Å². The molecule has 3 rings (SSSR count). The number of aryl methyl sites for hydroxylation is 1. The van der Waals surface area contributed by atoms with Gasteiger partial charge in [-0.25, -0.2) is 14.4 Å². The summed E-state index contributed by atoms with van der Waals surface area (Å²) < 4.78 is 13.0. The van der Waals surface area contributed by atoms with Crippen molar-refractivity contribution >= 4 is 17.4 Å². The summed E-state index contributed by atoms with van der Waals surface area (Å²) in [6, 6.07) is 15.8. The zero-order valence-electron chi connectivity index (χ0n) is 15.3. The Labute approximate surface area is 157 Å². The van der Waals surface area contributed by atoms with E-state index in [2.05, 4.69) is 21.4 Å². The first-order valence-electron chi connectivity index (χ1n) is 8.75. The van der Waals surface area contributed by atoms with Gasteiger partial charge in [-0.05, 0) is 49.2 Å². The van der Waals surface area contributed by atoms with Crippen LogP contribution in [0.15, 0.2) is 60.9 Å². The Morgan fingerprint density at radius 2 is 1.89 bits per heavy atom. The van der Waals surface area contributed by atoms with Gasteiger partial charge in [0.1, 0.15) is 23.7 Å². The summed E-state index contributed by atoms with van der Waals surface area (Å²) >= 11 is 0. The van der Waals surface area contributed by atoms with Crippen molar-refractivity contribution in [2.24, 2.45) is 0 Å². The number of halogens is 1. The minimum absolute atomic E-state index is 0.285. The number of carbonyl (C=O) groups is 1. The summed E-state index contributed by atoms with van der Waals surface area (Å²) in [5.74, 6) is 0.0506. The lowest BCUT2D eigenvalue weighted by atomic mass is 10.2. The van der Waals surface area contributed by atoms with Crippen LogP contribution >= 0.6 is 0 Å². The lowest BCUT2D eigenvalue weighted by Gasteiger charge is -2.22. The molecular weight excluding hydrogens is 343 g/mol. The van der Waals surface area contributed by atoms with Crippen molar-refractivity contribution in [3.63, 3.8) is 0 Å². The minimum atomic E-state index is -0.304. The molecule has 1 heterocycles. The van der Waals surface area contributed by atoms with Crippen LogP contribution in [0.2, 0.25) is 0 Å². The highest BCUT2D eigenvalue weighted by atomic mass is 19.1. The molecule has 0 aliphatic rings. The number of nitrogens with one attached hydrogen (secondary N) is 1. The van der Waals surface area contributed by atoms with Crippen LogP contribution in [0.5, 0.6) is 0 Å². The van der Waals surface area contributed by atoms with E-state index in [0.717, 1.165) is 16.8 Å². The molecule has 6 heteroatoms. The topological polar surface area (TPSA) is 58.1 Å². The first-order chi connectivity index (χ1) is 13.1. The lowest BCUT2D eigenvalue weighted by molar-refractivity contribution is 0.0945. The van der Waals surface area contributed by atoms with Crippen LogP contribution < -0.4 is 10.2 Å². The summed E-state index contributed by atoms with van der Waals surface area (Å²) in [7, 11) is 0. The van der Waals surface area contributed by atoms with Crippen molar-refractivity contribution in [1.82, 2.24) is 15.3 Å². The summed E-state index contributed by atoms with van der Waals surface area (Å²) in [5, 5.41) is 2.80. The molecular formula is C21H21FN4O. The molecule has 5 nitrogen and oxygen atoms in total. The SMILES string of the molecule is CCN(c1cccc(C)c1)c1cc(C(=O)NCc2ccc(F)cc2)ncn1. The Bertz CT molecular complexity index is 927. The van der Waals surface area contributed by atoms with Gasteiger partial charge in [0.2, 0.25) is 0 Å². The number of hydrogen-bond acceptors (Lipinski definition) is 4. The molecule has 3 aromatic rings. The van der Waals surface area contributed by atoms with Crippen LogP contribution in [0.25, 0.3) is 0 Å². The Morgan fingerprint density at radius 1 is 1.11 bits per heavy atom. The minimum Gasteiger partial charge on any atom is -0.347 e. The molecule has 138 valence electrons. The molecule has 0 aliphatic heterocycles. The highest BCUT2D eigenvalue weighted by Gasteiger charge is 2.13. The predicted molar refractivity (Wildman–Crippen MR) is 103 cm³/mol. The molecule has 0 radical (unpaired) electrons. The quantitative estimate of drug-likeness (QED) is 0.718. The fraction of sp³-hybridized carbons (Fsp3) is 0.190. The number of amides is 1. The van der Waals surface area contributed by atoms with Gasteiger partial charge in [-0.15, -0.1) is 0 Å². The van der Waals surface area contributed by atoms with Crippen molar-refractivity contribution in [1.29, 1.82) is 0 Å². The summed E-state index contributed by atoms with van der Waals surface area (Å²) in [6.07, 6.45) is 1.39. The Kier molecular flexibility index (Phi) is 5.76. The summed E-state index contributed by atoms with van der Waals surface area (Å²) in [4.78, 5) is 22.9. The van der Waals surface area contributed by atoms with Gasteiger partial charge in [0.15, 0.2) is 0 Å². The monoisotopic (exact) mass is 364 g/mol. The van der Waals surface area contributed by atoms with Gasteiger partial charge in [0, 0.05) is 24.8 Å². The van der Waals surface area contributed by atoms with Crippen LogP contribution in [-0.4, -0.2) is 22.4 Å². The van der Waals surface area contributed by atoms with E-state index >= 15 is 0 Å². The fourth-order valence-electron chi connectivity index (χ4n) is 2.77. The second kappa shape index (κ2) is 8.40. The standard InChI is InChI=1S/C21H21FN4O/c1-3-26(18-6-4-5-15(2)11-18)20-12-19(24-14-25-20)21(27)23-13-16-7-9-17(22)10-8-16/h4-12,14H,3,13H2,1-2H3,(H,23,27). The molecule has 0 aliphatic carbocycles. The smallest absolute Gasteiger partial charge is 0.270 e. The lowest BCUT2D eigenvalue weighted by Crippen LogP contribution is -2.25. The largest absolute Gasteiger partial charge is 0.347 e. The van der Waals surface area contributed by atoms with Gasteiger partial charge in [-0.2, -0.15) is 0 Å². The Balaban J connectivity index is 1.75. The van der Waals surface area contributed by atoms with Crippen LogP contribution in [0.3, 0.4) is 0 Å². The predicted octanol–water partition coefficient (Wildman–Crippen LogP) is 4.01. The maximum absolute atomic E-state index is 13.0. The van der Waals surface area contributed by atoms with Crippen LogP contribution in [0, 0.1) is 12.7 Å². The van der Waals surface area contributed by atoms with E-state index in [0.29, 0.717) is 18.9 Å². The van der Waals surface area contributed by atoms with Crippen molar-refractivity contribution in [2.45, 2.75) is 20.4 Å². The van der Waals surface area contributed by atoms with Crippen molar-refractivity contribution in [2.75, 3.05) is 11.4 Å². The number of anilines is 2. The number of benzene rings is 2. The third-order valence-corrected chi connectivity index (χ3v) is 4.16. The average Bonchev–Trinajstić information content (AvgIpc) is 2.68. The van der Waals surface area contributed by atoms with Crippen molar-refractivity contribution in [3.05, 3.63) is 83.6 Å². The van der Waals surface area contributed by atoms with E-state index in [-0.39, 0.29) is 17.4 Å². The van der Waals surface area contributed by atoms with Crippen LogP contribution in [0.1, 0.15) is 28.5 Å². The van der Waals surface area contributed by atoms with Crippen molar-refractivity contribution < 1.29 is 9.18 Å². The molecule has 0 fully saturated rings. The first kappa shape index (κ1) is 18.5. The van der Waals surface area contributed by atoms with Gasteiger partial charge >= 0.3 is 0 Å². The number of nitrogens with zero attached hydrogens (tertiary/aromatic N) is 3. The van der Waals surface area contributed by atoms with Gasteiger partial charge in [-0.3, -0.25) is 4.79 Å². The molecule has 1 amide bonds. The average molecular weight is 364 g/mol. The van der Waals surface area contributed by atoms with E-state index in [1.807, 2.05) is 36.9 Å². The van der Waals surface area contributed by atoms with Crippen LogP contribution in [-0.2, 0) is 6.54 Å². The molecule has 2 aromatic carbocycles. The van der Waals surface area contributed by atoms with E-state index in [9.17, 15) is 9.18 Å². The highest BCUT2D eigenvalue weighted by Crippen LogP contribution is 2.24. The van der Waals surface area contributed by atoms with Gasteiger partial charge in [-0.1, -0.05) is 24.3 Å². The third-order valence-electron chi connectivity index (χ3n) is 4.16. The van der Waals surface area contributed by atoms with E-state index < -0.39 is 0 Å². The second-order valence-corrected chi connectivity index (χ2v) is 6.15. The molecule has 27 heavy (non-hydrogen) atoms. The van der Waals surface area contributed by atoms with Gasteiger partial charge in [0.05, 0.1) is 0 Å². The van der Waals surface area contributed by atoms with Crippen LogP contribution in [0.4, 0.5) is 15.9 Å². The van der Waals surface area contributed by atoms with Gasteiger partial charge < -0.3 is 10.2 Å². The molecule has 0 bridgehead atoms. The molecule has 0 saturated carbocycles. The fourth-order valence-corrected chi connectivity index (χ4v) is 2.77. The Morgan fingerprint density at radius 3 is 2.59 bits per heavy atom. The molecule has 0 unspecified atom stereocenters. The first-order valence-corrected chi connectivity index (χ1v) is 8.75. The zero-order valence-corrected chi connectivity index (χ0v) is 15.3. The molecule has 0 atom stereocenters. The Hall–Kier alpha value is -3.28. The molecule has 0 saturated heterocycles. The van der Waals surface area contributed by atoms with E-state index in [1.165, 1.54) is 18.5 Å². The second-order valence-electron chi connectivity index (χ2n) is 6.15. The summed E-state index contributed by atoms with van der Waals surface area (Å²) in [5.41, 5.74) is 3.26. The third kappa shape index (κ3) is 4.67. The highest BCUT2D eigenvalue weighted by molar-refractivity contribution is 5.93. The number of aromatic nitrogens is 2. The number of hydrogen-bond donors (Lipinski definition) is 1. The molecule has 1 aromatic heterocycles. The maximum atomic E-state index is 13.0. The molecule has 1 N–H and O–H groups in total. The number of carbonyl (C=O) groups excluding carboxylic acids is 1. The van der Waals surface area contributed by atoms with E-state index in [1.54, 1.807) is 18.2 Å². The van der Waals surface area contributed by atoms with E-state index in [4.69, 9.17) is 0 Å². The maximum Gasteiger partial charge on any atom is 0.270 e. The van der Waals surface area contributed by atoms with Gasteiger partial charge in [0.25, 0.3) is 5.91 Å². The summed E-state index contributed by atoms with van der Waals surface area (Å²) in [6.45, 7) is 5.06.